The van der Waals surface area contributed by atoms with Gasteiger partial charge in [0.05, 0.1) is 12.8 Å². The van der Waals surface area contributed by atoms with E-state index in [1.54, 1.807) is 13.4 Å². The Morgan fingerprint density at radius 2 is 2.11 bits per heavy atom. The van der Waals surface area contributed by atoms with Gasteiger partial charge in [-0.15, -0.1) is 0 Å². The number of nitrogens with zero attached hydrogens (tertiary/aromatic N) is 2. The van der Waals surface area contributed by atoms with E-state index in [0.29, 0.717) is 0 Å². The first-order valence-corrected chi connectivity index (χ1v) is 5.96. The fourth-order valence-corrected chi connectivity index (χ4v) is 1.86. The molecule has 1 aromatic carbocycles. The summed E-state index contributed by atoms with van der Waals surface area (Å²) >= 11 is 0. The summed E-state index contributed by atoms with van der Waals surface area (Å²) in [5, 5.41) is 3.23. The highest BCUT2D eigenvalue weighted by Gasteiger charge is 2.08. The molecule has 0 aliphatic carbocycles. The van der Waals surface area contributed by atoms with E-state index in [0.717, 1.165) is 34.9 Å². The summed E-state index contributed by atoms with van der Waals surface area (Å²) in [5.41, 5.74) is 3.01. The zero-order chi connectivity index (χ0) is 13.0. The first kappa shape index (κ1) is 12.4. The molecule has 4 heteroatoms. The second-order valence-corrected chi connectivity index (χ2v) is 3.96. The average Bonchev–Trinajstić information content (AvgIpc) is 2.41. The average molecular weight is 243 g/mol. The summed E-state index contributed by atoms with van der Waals surface area (Å²) in [4.78, 5) is 8.60. The van der Waals surface area contributed by atoms with E-state index >= 15 is 0 Å². The van der Waals surface area contributed by atoms with Gasteiger partial charge >= 0.3 is 0 Å². The highest BCUT2D eigenvalue weighted by molar-refractivity contribution is 5.68. The van der Waals surface area contributed by atoms with E-state index in [1.807, 2.05) is 38.1 Å². The molecule has 0 saturated carbocycles. The third-order valence-corrected chi connectivity index (χ3v) is 2.77. The van der Waals surface area contributed by atoms with Crippen molar-refractivity contribution in [2.75, 3.05) is 19.0 Å². The number of hydrogen-bond donors (Lipinski definition) is 1. The molecule has 0 fully saturated rings. The molecule has 0 bridgehead atoms. The Morgan fingerprint density at radius 3 is 2.83 bits per heavy atom. The monoisotopic (exact) mass is 243 g/mol. The Morgan fingerprint density at radius 1 is 1.28 bits per heavy atom. The fraction of sp³-hybridized carbons (Fsp3) is 0.286. The zero-order valence-corrected chi connectivity index (χ0v) is 10.9. The molecule has 0 aliphatic heterocycles. The summed E-state index contributed by atoms with van der Waals surface area (Å²) < 4.78 is 5.23. The Hall–Kier alpha value is -2.10. The Labute approximate surface area is 107 Å². The normalized spacial score (nSPS) is 10.2. The van der Waals surface area contributed by atoms with Crippen molar-refractivity contribution in [3.8, 4) is 17.0 Å². The van der Waals surface area contributed by atoms with Crippen LogP contribution in [0.25, 0.3) is 11.3 Å². The number of hydrogen-bond acceptors (Lipinski definition) is 4. The number of benzene rings is 1. The topological polar surface area (TPSA) is 47.0 Å². The van der Waals surface area contributed by atoms with E-state index in [1.165, 1.54) is 0 Å². The molecule has 2 rings (SSSR count). The highest BCUT2D eigenvalue weighted by Crippen LogP contribution is 2.27. The molecule has 1 aromatic heterocycles. The molecule has 2 aromatic rings. The van der Waals surface area contributed by atoms with Gasteiger partial charge in [0.2, 0.25) is 0 Å². The maximum atomic E-state index is 5.23. The van der Waals surface area contributed by atoms with Crippen LogP contribution in [0.5, 0.6) is 5.75 Å². The molecule has 1 heterocycles. The number of aromatic nitrogens is 2. The van der Waals surface area contributed by atoms with Gasteiger partial charge in [0, 0.05) is 17.7 Å². The van der Waals surface area contributed by atoms with Crippen molar-refractivity contribution < 1.29 is 4.74 Å². The van der Waals surface area contributed by atoms with E-state index in [9.17, 15) is 0 Å². The Bertz CT molecular complexity index is 540. The summed E-state index contributed by atoms with van der Waals surface area (Å²) in [6.45, 7) is 4.91. The largest absolute Gasteiger partial charge is 0.497 e. The lowest BCUT2D eigenvalue weighted by Crippen LogP contribution is -2.03. The summed E-state index contributed by atoms with van der Waals surface area (Å²) in [7, 11) is 1.66. The second-order valence-electron chi connectivity index (χ2n) is 3.96. The number of anilines is 1. The number of rotatable bonds is 4. The molecule has 0 amide bonds. The van der Waals surface area contributed by atoms with Crippen molar-refractivity contribution in [3.05, 3.63) is 36.2 Å². The molecule has 0 saturated heterocycles. The van der Waals surface area contributed by atoms with E-state index in [-0.39, 0.29) is 0 Å². The zero-order valence-electron chi connectivity index (χ0n) is 10.9. The SMILES string of the molecule is CCNc1ncnc(-c2cccc(OC)c2)c1C. The fourth-order valence-electron chi connectivity index (χ4n) is 1.86. The smallest absolute Gasteiger partial charge is 0.132 e. The molecular weight excluding hydrogens is 226 g/mol. The third-order valence-electron chi connectivity index (χ3n) is 2.77. The van der Waals surface area contributed by atoms with Gasteiger partial charge in [-0.05, 0) is 26.0 Å². The van der Waals surface area contributed by atoms with Crippen molar-refractivity contribution in [2.45, 2.75) is 13.8 Å². The summed E-state index contributed by atoms with van der Waals surface area (Å²) in [6, 6.07) is 7.88. The van der Waals surface area contributed by atoms with Crippen LogP contribution in [0.3, 0.4) is 0 Å². The van der Waals surface area contributed by atoms with Gasteiger partial charge < -0.3 is 10.1 Å². The van der Waals surface area contributed by atoms with E-state index in [2.05, 4.69) is 15.3 Å². The van der Waals surface area contributed by atoms with Crippen molar-refractivity contribution in [2.24, 2.45) is 0 Å². The van der Waals surface area contributed by atoms with Crippen molar-refractivity contribution in [1.82, 2.24) is 9.97 Å². The summed E-state index contributed by atoms with van der Waals surface area (Å²) in [5.74, 6) is 1.71. The van der Waals surface area contributed by atoms with Crippen LogP contribution in [-0.2, 0) is 0 Å². The minimum absolute atomic E-state index is 0.829. The van der Waals surface area contributed by atoms with Crippen LogP contribution in [0.15, 0.2) is 30.6 Å². The second kappa shape index (κ2) is 5.49. The molecule has 1 N–H and O–H groups in total. The van der Waals surface area contributed by atoms with Crippen LogP contribution in [-0.4, -0.2) is 23.6 Å². The minimum Gasteiger partial charge on any atom is -0.497 e. The maximum absolute atomic E-state index is 5.23. The molecule has 94 valence electrons. The molecular formula is C14H17N3O. The van der Waals surface area contributed by atoms with Gasteiger partial charge in [-0.2, -0.15) is 0 Å². The van der Waals surface area contributed by atoms with Gasteiger partial charge in [0.15, 0.2) is 0 Å². The van der Waals surface area contributed by atoms with Crippen molar-refractivity contribution in [1.29, 1.82) is 0 Å². The number of nitrogens with one attached hydrogen (secondary N) is 1. The van der Waals surface area contributed by atoms with Gasteiger partial charge in [-0.25, -0.2) is 9.97 Å². The molecule has 0 atom stereocenters. The first-order valence-electron chi connectivity index (χ1n) is 5.96. The van der Waals surface area contributed by atoms with Crippen LogP contribution in [0, 0.1) is 6.92 Å². The van der Waals surface area contributed by atoms with Crippen LogP contribution in [0.1, 0.15) is 12.5 Å². The molecule has 0 spiro atoms. The van der Waals surface area contributed by atoms with Crippen LogP contribution in [0.2, 0.25) is 0 Å². The predicted molar refractivity (Wildman–Crippen MR) is 72.9 cm³/mol. The van der Waals surface area contributed by atoms with Gasteiger partial charge in [-0.1, -0.05) is 12.1 Å². The predicted octanol–water partition coefficient (Wildman–Crippen LogP) is 2.89. The molecule has 4 nitrogen and oxygen atoms in total. The Balaban J connectivity index is 2.46. The van der Waals surface area contributed by atoms with Gasteiger partial charge in [0.1, 0.15) is 17.9 Å². The van der Waals surface area contributed by atoms with Crippen LogP contribution < -0.4 is 10.1 Å². The molecule has 0 unspecified atom stereocenters. The van der Waals surface area contributed by atoms with E-state index < -0.39 is 0 Å². The van der Waals surface area contributed by atoms with Crippen LogP contribution >= 0.6 is 0 Å². The lowest BCUT2D eigenvalue weighted by atomic mass is 10.1. The molecule has 0 aliphatic rings. The van der Waals surface area contributed by atoms with Crippen molar-refractivity contribution >= 4 is 5.82 Å². The minimum atomic E-state index is 0.829. The van der Waals surface area contributed by atoms with E-state index in [4.69, 9.17) is 4.74 Å². The molecule has 18 heavy (non-hydrogen) atoms. The first-order chi connectivity index (χ1) is 8.76. The number of methoxy groups -OCH3 is 1. The van der Waals surface area contributed by atoms with Crippen molar-refractivity contribution in [3.63, 3.8) is 0 Å². The lowest BCUT2D eigenvalue weighted by Gasteiger charge is -2.10. The van der Waals surface area contributed by atoms with Gasteiger partial charge in [0.25, 0.3) is 0 Å². The highest BCUT2D eigenvalue weighted by atomic mass is 16.5. The molecule has 0 radical (unpaired) electrons. The quantitative estimate of drug-likeness (QED) is 0.897. The van der Waals surface area contributed by atoms with Gasteiger partial charge in [-0.3, -0.25) is 0 Å². The lowest BCUT2D eigenvalue weighted by molar-refractivity contribution is 0.415. The Kier molecular flexibility index (Phi) is 3.77. The summed E-state index contributed by atoms with van der Waals surface area (Å²) in [6.07, 6.45) is 1.58. The number of ether oxygens (including phenoxy) is 1. The third kappa shape index (κ3) is 2.42. The maximum Gasteiger partial charge on any atom is 0.132 e. The van der Waals surface area contributed by atoms with Crippen LogP contribution in [0.4, 0.5) is 5.82 Å². The standard InChI is InChI=1S/C14H17N3O/c1-4-15-14-10(2)13(16-9-17-14)11-6-5-7-12(8-11)18-3/h5-9H,4H2,1-3H3,(H,15,16,17).